The van der Waals surface area contributed by atoms with Crippen LogP contribution in [0.15, 0.2) is 58.3 Å². The van der Waals surface area contributed by atoms with Crippen molar-refractivity contribution in [3.05, 3.63) is 59.7 Å². The Morgan fingerprint density at radius 2 is 1.66 bits per heavy atom. The van der Waals surface area contributed by atoms with Crippen molar-refractivity contribution in [1.82, 2.24) is 9.62 Å². The Morgan fingerprint density at radius 1 is 1.07 bits per heavy atom. The molecule has 1 atom stereocenters. The average molecular weight is 433 g/mol. The number of carbonyl (C=O) groups excluding carboxylic acids is 1. The largest absolute Gasteiger partial charge is 0.349 e. The minimum absolute atomic E-state index is 0.00109. The van der Waals surface area contributed by atoms with Crippen LogP contribution >= 0.6 is 11.8 Å². The minimum atomic E-state index is -3.50. The van der Waals surface area contributed by atoms with E-state index in [1.54, 1.807) is 36.0 Å². The topological polar surface area (TPSA) is 66.5 Å². The van der Waals surface area contributed by atoms with Crippen LogP contribution < -0.4 is 5.32 Å². The SMILES string of the molecule is CSc1ccc([C@@H](C)NC(=O)C2CCN(S(=O)(=O)c3ccc(C)cc3)CC2)cc1. The van der Waals surface area contributed by atoms with Crippen molar-refractivity contribution in [1.29, 1.82) is 0 Å². The normalized spacial score (nSPS) is 17.1. The van der Waals surface area contributed by atoms with Crippen LogP contribution in [0.1, 0.15) is 36.9 Å². The van der Waals surface area contributed by atoms with E-state index in [9.17, 15) is 13.2 Å². The van der Waals surface area contributed by atoms with E-state index < -0.39 is 10.0 Å². The number of piperidine rings is 1. The van der Waals surface area contributed by atoms with Crippen LogP contribution in [0.25, 0.3) is 0 Å². The summed E-state index contributed by atoms with van der Waals surface area (Å²) < 4.78 is 27.1. The van der Waals surface area contributed by atoms with Gasteiger partial charge in [-0.3, -0.25) is 4.79 Å². The molecule has 0 aliphatic carbocycles. The summed E-state index contributed by atoms with van der Waals surface area (Å²) in [6, 6.07) is 15.0. The Hall–Kier alpha value is -1.83. The number of sulfonamides is 1. The fourth-order valence-corrected chi connectivity index (χ4v) is 5.40. The van der Waals surface area contributed by atoms with E-state index in [1.165, 1.54) is 9.20 Å². The summed E-state index contributed by atoms with van der Waals surface area (Å²) in [7, 11) is -3.50. The van der Waals surface area contributed by atoms with Crippen molar-refractivity contribution >= 4 is 27.7 Å². The predicted octanol–water partition coefficient (Wildman–Crippen LogP) is 4.00. The molecule has 1 saturated heterocycles. The summed E-state index contributed by atoms with van der Waals surface area (Å²) in [6.45, 7) is 4.64. The van der Waals surface area contributed by atoms with Gasteiger partial charge >= 0.3 is 0 Å². The molecule has 0 spiro atoms. The van der Waals surface area contributed by atoms with Gasteiger partial charge < -0.3 is 5.32 Å². The molecule has 2 aromatic carbocycles. The number of nitrogens with one attached hydrogen (secondary N) is 1. The first kappa shape index (κ1) is 21.9. The second kappa shape index (κ2) is 9.32. The molecule has 1 N–H and O–H groups in total. The Bertz CT molecular complexity index is 933. The van der Waals surface area contributed by atoms with Gasteiger partial charge in [0.25, 0.3) is 0 Å². The molecule has 1 heterocycles. The van der Waals surface area contributed by atoms with Crippen molar-refractivity contribution in [3.8, 4) is 0 Å². The molecule has 1 amide bonds. The molecule has 0 bridgehead atoms. The van der Waals surface area contributed by atoms with Crippen LogP contribution in [0.4, 0.5) is 0 Å². The average Bonchev–Trinajstić information content (AvgIpc) is 2.74. The summed E-state index contributed by atoms with van der Waals surface area (Å²) in [5.74, 6) is -0.161. The lowest BCUT2D eigenvalue weighted by atomic mass is 9.96. The molecule has 0 radical (unpaired) electrons. The lowest BCUT2D eigenvalue weighted by Crippen LogP contribution is -2.43. The van der Waals surface area contributed by atoms with Crippen LogP contribution in [0.3, 0.4) is 0 Å². The quantitative estimate of drug-likeness (QED) is 0.701. The summed E-state index contributed by atoms with van der Waals surface area (Å²) in [6.07, 6.45) is 3.11. The molecule has 0 unspecified atom stereocenters. The standard InChI is InChI=1S/C22H28N2O3S2/c1-16-4-10-21(11-5-16)29(26,27)24-14-12-19(13-15-24)22(25)23-17(2)18-6-8-20(28-3)9-7-18/h4-11,17,19H,12-15H2,1-3H3,(H,23,25)/t17-/m1/s1. The maximum Gasteiger partial charge on any atom is 0.243 e. The first-order chi connectivity index (χ1) is 13.8. The molecule has 2 aromatic rings. The van der Waals surface area contributed by atoms with Crippen LogP contribution in [0, 0.1) is 12.8 Å². The summed E-state index contributed by atoms with van der Waals surface area (Å²) in [5.41, 5.74) is 2.09. The molecule has 7 heteroatoms. The van der Waals surface area contributed by atoms with Crippen molar-refractivity contribution in [2.75, 3.05) is 19.3 Å². The number of thioether (sulfide) groups is 1. The third-order valence-electron chi connectivity index (χ3n) is 5.46. The molecular formula is C22H28N2O3S2. The van der Waals surface area contributed by atoms with Crippen molar-refractivity contribution in [3.63, 3.8) is 0 Å². The number of amides is 1. The van der Waals surface area contributed by atoms with E-state index in [4.69, 9.17) is 0 Å². The van der Waals surface area contributed by atoms with E-state index in [-0.39, 0.29) is 17.9 Å². The Kier molecular flexibility index (Phi) is 7.03. The van der Waals surface area contributed by atoms with Gasteiger partial charge in [-0.05, 0) is 62.8 Å². The highest BCUT2D eigenvalue weighted by Gasteiger charge is 2.32. The van der Waals surface area contributed by atoms with Gasteiger partial charge in [0.15, 0.2) is 0 Å². The Morgan fingerprint density at radius 3 is 2.21 bits per heavy atom. The molecule has 29 heavy (non-hydrogen) atoms. The molecule has 3 rings (SSSR count). The van der Waals surface area contributed by atoms with E-state index >= 15 is 0 Å². The van der Waals surface area contributed by atoms with E-state index in [0.29, 0.717) is 30.8 Å². The van der Waals surface area contributed by atoms with E-state index in [0.717, 1.165) is 11.1 Å². The summed E-state index contributed by atoms with van der Waals surface area (Å²) in [5, 5.41) is 3.08. The van der Waals surface area contributed by atoms with Crippen LogP contribution in [-0.2, 0) is 14.8 Å². The minimum Gasteiger partial charge on any atom is -0.349 e. The highest BCUT2D eigenvalue weighted by molar-refractivity contribution is 7.98. The van der Waals surface area contributed by atoms with Gasteiger partial charge in [-0.15, -0.1) is 11.8 Å². The zero-order valence-corrected chi connectivity index (χ0v) is 18.7. The number of hydrogen-bond acceptors (Lipinski definition) is 4. The van der Waals surface area contributed by atoms with Crippen LogP contribution in [-0.4, -0.2) is 38.0 Å². The zero-order valence-electron chi connectivity index (χ0n) is 17.1. The maximum absolute atomic E-state index is 12.8. The third kappa shape index (κ3) is 5.21. The molecule has 1 aliphatic rings. The van der Waals surface area contributed by atoms with Gasteiger partial charge in [-0.25, -0.2) is 8.42 Å². The summed E-state index contributed by atoms with van der Waals surface area (Å²) in [4.78, 5) is 14.2. The van der Waals surface area contributed by atoms with Crippen LogP contribution in [0.2, 0.25) is 0 Å². The Labute approximate surface area is 177 Å². The van der Waals surface area contributed by atoms with Gasteiger partial charge in [-0.2, -0.15) is 4.31 Å². The molecule has 5 nitrogen and oxygen atoms in total. The van der Waals surface area contributed by atoms with Gasteiger partial charge in [0.05, 0.1) is 10.9 Å². The van der Waals surface area contributed by atoms with Gasteiger partial charge in [0, 0.05) is 23.9 Å². The van der Waals surface area contributed by atoms with Crippen molar-refractivity contribution in [2.24, 2.45) is 5.92 Å². The summed E-state index contributed by atoms with van der Waals surface area (Å²) >= 11 is 1.69. The molecule has 156 valence electrons. The van der Waals surface area contributed by atoms with Gasteiger partial charge in [0.2, 0.25) is 15.9 Å². The highest BCUT2D eigenvalue weighted by Crippen LogP contribution is 2.25. The monoisotopic (exact) mass is 432 g/mol. The fourth-order valence-electron chi connectivity index (χ4n) is 3.52. The van der Waals surface area contributed by atoms with Gasteiger partial charge in [0.1, 0.15) is 0 Å². The van der Waals surface area contributed by atoms with Crippen LogP contribution in [0.5, 0.6) is 0 Å². The smallest absolute Gasteiger partial charge is 0.243 e. The second-order valence-electron chi connectivity index (χ2n) is 7.49. The predicted molar refractivity (Wildman–Crippen MR) is 117 cm³/mol. The van der Waals surface area contributed by atoms with E-state index in [1.807, 2.05) is 32.2 Å². The molecule has 1 fully saturated rings. The number of carbonyl (C=O) groups is 1. The van der Waals surface area contributed by atoms with E-state index in [2.05, 4.69) is 17.4 Å². The van der Waals surface area contributed by atoms with Crippen molar-refractivity contribution in [2.45, 2.75) is 42.5 Å². The lowest BCUT2D eigenvalue weighted by molar-refractivity contribution is -0.126. The fraction of sp³-hybridized carbons (Fsp3) is 0.409. The molecule has 0 saturated carbocycles. The third-order valence-corrected chi connectivity index (χ3v) is 8.11. The number of aryl methyl sites for hydroxylation is 1. The first-order valence-electron chi connectivity index (χ1n) is 9.82. The zero-order chi connectivity index (χ0) is 21.0. The number of hydrogen-bond donors (Lipinski definition) is 1. The highest BCUT2D eigenvalue weighted by atomic mass is 32.2. The van der Waals surface area contributed by atoms with Crippen molar-refractivity contribution < 1.29 is 13.2 Å². The maximum atomic E-state index is 12.8. The second-order valence-corrected chi connectivity index (χ2v) is 10.3. The Balaban J connectivity index is 1.56. The number of rotatable bonds is 6. The number of nitrogens with zero attached hydrogens (tertiary/aromatic N) is 1. The lowest BCUT2D eigenvalue weighted by Gasteiger charge is -2.31. The van der Waals surface area contributed by atoms with Gasteiger partial charge in [-0.1, -0.05) is 29.8 Å². The molecular weight excluding hydrogens is 404 g/mol. The molecule has 0 aromatic heterocycles. The number of benzene rings is 2. The molecule has 1 aliphatic heterocycles. The first-order valence-corrected chi connectivity index (χ1v) is 12.5.